The van der Waals surface area contributed by atoms with Gasteiger partial charge in [-0.05, 0) is 12.1 Å². The standard InChI is InChI=1S/C14H17N5O3S/c15-12-6-11(5-9(8-20)13(12)19(21)22)16-2-1-10-7-18-3-4-23-14(18)17-10/h5-7,16,20H,1-4,8,15H2. The molecule has 1 aliphatic rings. The SMILES string of the molecule is Nc1cc(NCCc2cn3c(n2)SCC3)cc(CO)c1[N+](=O)[O-]. The summed E-state index contributed by atoms with van der Waals surface area (Å²) in [5, 5.41) is 24.5. The lowest BCUT2D eigenvalue weighted by Crippen LogP contribution is -2.08. The Morgan fingerprint density at radius 2 is 2.35 bits per heavy atom. The van der Waals surface area contributed by atoms with E-state index >= 15 is 0 Å². The van der Waals surface area contributed by atoms with Crippen LogP contribution >= 0.6 is 11.8 Å². The smallest absolute Gasteiger partial charge is 0.297 e. The van der Waals surface area contributed by atoms with Crippen LogP contribution in [0.1, 0.15) is 11.3 Å². The highest BCUT2D eigenvalue weighted by Gasteiger charge is 2.19. The number of aliphatic hydroxyl groups excluding tert-OH is 1. The van der Waals surface area contributed by atoms with E-state index in [1.54, 1.807) is 17.8 Å². The quantitative estimate of drug-likeness (QED) is 0.417. The average Bonchev–Trinajstić information content (AvgIpc) is 3.07. The van der Waals surface area contributed by atoms with Crippen LogP contribution < -0.4 is 11.1 Å². The predicted molar refractivity (Wildman–Crippen MR) is 88.6 cm³/mol. The molecule has 122 valence electrons. The van der Waals surface area contributed by atoms with E-state index in [1.165, 1.54) is 6.07 Å². The second kappa shape index (κ2) is 6.47. The highest BCUT2D eigenvalue weighted by atomic mass is 32.2. The lowest BCUT2D eigenvalue weighted by Gasteiger charge is -2.09. The van der Waals surface area contributed by atoms with Crippen molar-refractivity contribution in [2.45, 2.75) is 24.7 Å². The number of benzene rings is 1. The minimum atomic E-state index is -0.574. The van der Waals surface area contributed by atoms with Gasteiger partial charge in [-0.2, -0.15) is 0 Å². The zero-order valence-electron chi connectivity index (χ0n) is 12.4. The number of hydrogen-bond donors (Lipinski definition) is 3. The molecule has 2 heterocycles. The van der Waals surface area contributed by atoms with Gasteiger partial charge in [0.15, 0.2) is 5.16 Å². The summed E-state index contributed by atoms with van der Waals surface area (Å²) in [6, 6.07) is 3.07. The number of anilines is 2. The maximum atomic E-state index is 11.0. The zero-order chi connectivity index (χ0) is 16.4. The van der Waals surface area contributed by atoms with Gasteiger partial charge < -0.3 is 20.7 Å². The highest BCUT2D eigenvalue weighted by molar-refractivity contribution is 7.99. The van der Waals surface area contributed by atoms with Crippen molar-refractivity contribution < 1.29 is 10.0 Å². The Morgan fingerprint density at radius 1 is 1.52 bits per heavy atom. The van der Waals surface area contributed by atoms with Gasteiger partial charge in [-0.25, -0.2) is 4.98 Å². The van der Waals surface area contributed by atoms with Crippen molar-refractivity contribution in [1.82, 2.24) is 9.55 Å². The van der Waals surface area contributed by atoms with Gasteiger partial charge in [0.25, 0.3) is 5.69 Å². The molecule has 0 bridgehead atoms. The molecule has 8 nitrogen and oxygen atoms in total. The number of nitrogens with zero attached hydrogens (tertiary/aromatic N) is 3. The van der Waals surface area contributed by atoms with E-state index in [4.69, 9.17) is 5.73 Å². The molecular weight excluding hydrogens is 318 g/mol. The maximum Gasteiger partial charge on any atom is 0.297 e. The van der Waals surface area contributed by atoms with Gasteiger partial charge in [0.2, 0.25) is 0 Å². The van der Waals surface area contributed by atoms with E-state index in [2.05, 4.69) is 21.1 Å². The number of nitrogen functional groups attached to an aromatic ring is 1. The van der Waals surface area contributed by atoms with E-state index in [0.717, 1.165) is 29.6 Å². The van der Waals surface area contributed by atoms with Crippen LogP contribution in [-0.4, -0.2) is 31.9 Å². The Hall–Kier alpha value is -2.26. The third-order valence-electron chi connectivity index (χ3n) is 3.63. The molecule has 0 fully saturated rings. The van der Waals surface area contributed by atoms with Crippen LogP contribution in [0.25, 0.3) is 0 Å². The Labute approximate surface area is 136 Å². The number of nitrogens with one attached hydrogen (secondary N) is 1. The number of rotatable bonds is 6. The summed E-state index contributed by atoms with van der Waals surface area (Å²) in [6.07, 6.45) is 2.80. The highest BCUT2D eigenvalue weighted by Crippen LogP contribution is 2.30. The lowest BCUT2D eigenvalue weighted by molar-refractivity contribution is -0.384. The van der Waals surface area contributed by atoms with E-state index in [1.807, 2.05) is 0 Å². The van der Waals surface area contributed by atoms with Gasteiger partial charge in [0.1, 0.15) is 5.69 Å². The molecule has 1 aromatic carbocycles. The molecule has 0 atom stereocenters. The van der Waals surface area contributed by atoms with Gasteiger partial charge in [-0.15, -0.1) is 0 Å². The average molecular weight is 335 g/mol. The van der Waals surface area contributed by atoms with E-state index in [9.17, 15) is 15.2 Å². The van der Waals surface area contributed by atoms with Crippen LogP contribution in [0.5, 0.6) is 0 Å². The lowest BCUT2D eigenvalue weighted by atomic mass is 10.1. The fourth-order valence-corrected chi connectivity index (χ4v) is 3.54. The molecule has 0 saturated carbocycles. The molecule has 0 radical (unpaired) electrons. The molecule has 23 heavy (non-hydrogen) atoms. The number of nitro groups is 1. The van der Waals surface area contributed by atoms with Crippen LogP contribution in [0.3, 0.4) is 0 Å². The predicted octanol–water partition coefficient (Wildman–Crippen LogP) is 1.63. The summed E-state index contributed by atoms with van der Waals surface area (Å²) in [5.74, 6) is 1.08. The Morgan fingerprint density at radius 3 is 3.04 bits per heavy atom. The molecule has 1 aromatic heterocycles. The van der Waals surface area contributed by atoms with Gasteiger partial charge in [-0.3, -0.25) is 10.1 Å². The number of aromatic nitrogens is 2. The van der Waals surface area contributed by atoms with Gasteiger partial charge in [-0.1, -0.05) is 11.8 Å². The van der Waals surface area contributed by atoms with Crippen molar-refractivity contribution in [3.8, 4) is 0 Å². The number of nitrogens with two attached hydrogens (primary N) is 1. The molecule has 3 rings (SSSR count). The van der Waals surface area contributed by atoms with Crippen LogP contribution in [0, 0.1) is 10.1 Å². The number of fused-ring (bicyclic) bond motifs is 1. The first kappa shape index (κ1) is 15.6. The van der Waals surface area contributed by atoms with Crippen LogP contribution in [-0.2, 0) is 19.6 Å². The van der Waals surface area contributed by atoms with Crippen molar-refractivity contribution in [1.29, 1.82) is 0 Å². The van der Waals surface area contributed by atoms with Crippen molar-refractivity contribution in [3.63, 3.8) is 0 Å². The van der Waals surface area contributed by atoms with E-state index in [-0.39, 0.29) is 16.9 Å². The Kier molecular flexibility index (Phi) is 4.39. The Balaban J connectivity index is 1.65. The minimum Gasteiger partial charge on any atom is -0.393 e. The Bertz CT molecular complexity index is 725. The van der Waals surface area contributed by atoms with Gasteiger partial charge >= 0.3 is 0 Å². The zero-order valence-corrected chi connectivity index (χ0v) is 13.2. The van der Waals surface area contributed by atoms with Gasteiger partial charge in [0, 0.05) is 37.1 Å². The third kappa shape index (κ3) is 3.25. The fraction of sp³-hybridized carbons (Fsp3) is 0.357. The third-order valence-corrected chi connectivity index (χ3v) is 4.61. The number of aryl methyl sites for hydroxylation is 1. The summed E-state index contributed by atoms with van der Waals surface area (Å²) in [7, 11) is 0. The van der Waals surface area contributed by atoms with Gasteiger partial charge in [0.05, 0.1) is 22.8 Å². The minimum absolute atomic E-state index is 0.0430. The molecule has 0 spiro atoms. The molecular formula is C14H17N5O3S. The number of hydrogen-bond acceptors (Lipinski definition) is 7. The monoisotopic (exact) mass is 335 g/mol. The summed E-state index contributed by atoms with van der Waals surface area (Å²) < 4.78 is 2.15. The summed E-state index contributed by atoms with van der Waals surface area (Å²) in [5.41, 5.74) is 7.39. The molecule has 0 amide bonds. The van der Waals surface area contributed by atoms with E-state index in [0.29, 0.717) is 12.2 Å². The summed E-state index contributed by atoms with van der Waals surface area (Å²) in [6.45, 7) is 1.20. The number of imidazole rings is 1. The van der Waals surface area contributed by atoms with E-state index < -0.39 is 11.5 Å². The van der Waals surface area contributed by atoms with Crippen molar-refractivity contribution in [3.05, 3.63) is 39.7 Å². The molecule has 4 N–H and O–H groups in total. The van der Waals surface area contributed by atoms with Crippen LogP contribution in [0.15, 0.2) is 23.5 Å². The first-order valence-electron chi connectivity index (χ1n) is 7.19. The topological polar surface area (TPSA) is 119 Å². The first-order chi connectivity index (χ1) is 11.1. The normalized spacial score (nSPS) is 13.1. The molecule has 0 unspecified atom stereocenters. The molecule has 0 saturated heterocycles. The summed E-state index contributed by atoms with van der Waals surface area (Å²) in [4.78, 5) is 14.9. The second-order valence-corrected chi connectivity index (χ2v) is 6.28. The molecule has 0 aliphatic carbocycles. The molecule has 2 aromatic rings. The fourth-order valence-electron chi connectivity index (χ4n) is 2.58. The number of aliphatic hydroxyl groups is 1. The largest absolute Gasteiger partial charge is 0.393 e. The first-order valence-corrected chi connectivity index (χ1v) is 8.17. The molecule has 9 heteroatoms. The van der Waals surface area contributed by atoms with Crippen molar-refractivity contribution in [2.24, 2.45) is 0 Å². The number of thioether (sulfide) groups is 1. The summed E-state index contributed by atoms with van der Waals surface area (Å²) >= 11 is 1.75. The van der Waals surface area contributed by atoms with Crippen molar-refractivity contribution in [2.75, 3.05) is 23.3 Å². The van der Waals surface area contributed by atoms with Crippen LogP contribution in [0.2, 0.25) is 0 Å². The molecule has 1 aliphatic heterocycles. The number of nitro benzene ring substituents is 1. The second-order valence-electron chi connectivity index (χ2n) is 5.22. The van der Waals surface area contributed by atoms with Crippen molar-refractivity contribution >= 4 is 28.8 Å². The maximum absolute atomic E-state index is 11.0. The van der Waals surface area contributed by atoms with Crippen LogP contribution in [0.4, 0.5) is 17.1 Å².